The van der Waals surface area contributed by atoms with Gasteiger partial charge in [0.1, 0.15) is 6.04 Å². The van der Waals surface area contributed by atoms with Crippen LogP contribution in [0.3, 0.4) is 0 Å². The van der Waals surface area contributed by atoms with Crippen LogP contribution in [-0.2, 0) is 16.0 Å². The molecule has 0 aliphatic rings. The number of para-hydroxylation sites is 1. The first-order valence-electron chi connectivity index (χ1n) is 6.10. The van der Waals surface area contributed by atoms with Crippen molar-refractivity contribution < 1.29 is 19.5 Å². The summed E-state index contributed by atoms with van der Waals surface area (Å²) in [6.07, 6.45) is 0.262. The topological polar surface area (TPSA) is 122 Å². The number of anilines is 1. The van der Waals surface area contributed by atoms with Gasteiger partial charge in [0, 0.05) is 5.69 Å². The van der Waals surface area contributed by atoms with Gasteiger partial charge in [-0.1, -0.05) is 25.1 Å². The van der Waals surface area contributed by atoms with Gasteiger partial charge in [-0.25, -0.2) is 9.59 Å². The summed E-state index contributed by atoms with van der Waals surface area (Å²) < 4.78 is 0. The second kappa shape index (κ2) is 7.13. The first-order valence-corrected chi connectivity index (χ1v) is 6.10. The van der Waals surface area contributed by atoms with E-state index < -0.39 is 30.4 Å². The molecule has 1 atom stereocenters. The van der Waals surface area contributed by atoms with E-state index in [2.05, 4.69) is 10.6 Å². The highest BCUT2D eigenvalue weighted by Gasteiger charge is 2.22. The SMILES string of the molecule is CCc1ccccc1NC(=O)NC(CC(N)=O)C(=O)O. The molecular weight excluding hydrogens is 262 g/mol. The zero-order valence-corrected chi connectivity index (χ0v) is 11.1. The molecular formula is C13H17N3O4. The number of hydrogen-bond donors (Lipinski definition) is 4. The molecule has 108 valence electrons. The first kappa shape index (κ1) is 15.5. The Morgan fingerprint density at radius 3 is 2.50 bits per heavy atom. The number of urea groups is 1. The molecule has 0 aromatic heterocycles. The molecule has 1 rings (SSSR count). The Bertz CT molecular complexity index is 516. The number of aliphatic carboxylic acids is 1. The Morgan fingerprint density at radius 2 is 1.95 bits per heavy atom. The van der Waals surface area contributed by atoms with Gasteiger partial charge in [0.2, 0.25) is 5.91 Å². The predicted octanol–water partition coefficient (Wildman–Crippen LogP) is 0.699. The van der Waals surface area contributed by atoms with E-state index in [0.717, 1.165) is 12.0 Å². The van der Waals surface area contributed by atoms with Gasteiger partial charge < -0.3 is 21.5 Å². The number of carbonyl (C=O) groups excluding carboxylic acids is 2. The summed E-state index contributed by atoms with van der Waals surface area (Å²) in [4.78, 5) is 33.4. The van der Waals surface area contributed by atoms with Crippen LogP contribution in [0.25, 0.3) is 0 Å². The molecule has 0 heterocycles. The third kappa shape index (κ3) is 4.60. The van der Waals surface area contributed by atoms with Gasteiger partial charge in [0.05, 0.1) is 6.42 Å². The summed E-state index contributed by atoms with van der Waals surface area (Å²) in [5, 5.41) is 13.6. The minimum Gasteiger partial charge on any atom is -0.480 e. The molecule has 0 saturated heterocycles. The molecule has 7 heteroatoms. The lowest BCUT2D eigenvalue weighted by atomic mass is 10.1. The standard InChI is InChI=1S/C13H17N3O4/c1-2-8-5-3-4-6-9(8)15-13(20)16-10(12(18)19)7-11(14)17/h3-6,10H,2,7H2,1H3,(H2,14,17)(H,18,19)(H2,15,16,20). The number of rotatable bonds is 6. The Kier molecular flexibility index (Phi) is 5.52. The second-order valence-electron chi connectivity index (χ2n) is 4.17. The fourth-order valence-electron chi connectivity index (χ4n) is 1.67. The fraction of sp³-hybridized carbons (Fsp3) is 0.308. The quantitative estimate of drug-likeness (QED) is 0.612. The van der Waals surface area contributed by atoms with Gasteiger partial charge >= 0.3 is 12.0 Å². The fourth-order valence-corrected chi connectivity index (χ4v) is 1.67. The van der Waals surface area contributed by atoms with Gasteiger partial charge in [0.25, 0.3) is 0 Å². The number of amides is 3. The van der Waals surface area contributed by atoms with Crippen molar-refractivity contribution in [1.29, 1.82) is 0 Å². The lowest BCUT2D eigenvalue weighted by Gasteiger charge is -2.15. The van der Waals surface area contributed by atoms with E-state index >= 15 is 0 Å². The van der Waals surface area contributed by atoms with Crippen molar-refractivity contribution in [1.82, 2.24) is 5.32 Å². The Balaban J connectivity index is 2.70. The number of nitrogens with one attached hydrogen (secondary N) is 2. The number of carbonyl (C=O) groups is 3. The zero-order valence-electron chi connectivity index (χ0n) is 11.1. The van der Waals surface area contributed by atoms with Crippen LogP contribution in [-0.4, -0.2) is 29.1 Å². The summed E-state index contributed by atoms with van der Waals surface area (Å²) in [6, 6.07) is 5.12. The minimum absolute atomic E-state index is 0.460. The van der Waals surface area contributed by atoms with Crippen molar-refractivity contribution >= 4 is 23.6 Å². The Labute approximate surface area is 116 Å². The predicted molar refractivity (Wildman–Crippen MR) is 73.2 cm³/mol. The lowest BCUT2D eigenvalue weighted by molar-refractivity contribution is -0.140. The molecule has 0 fully saturated rings. The highest BCUT2D eigenvalue weighted by molar-refractivity contribution is 5.94. The van der Waals surface area contributed by atoms with Crippen molar-refractivity contribution in [2.45, 2.75) is 25.8 Å². The average Bonchev–Trinajstić information content (AvgIpc) is 2.37. The summed E-state index contributed by atoms with van der Waals surface area (Å²) >= 11 is 0. The number of benzene rings is 1. The van der Waals surface area contributed by atoms with Crippen LogP contribution in [0.15, 0.2) is 24.3 Å². The number of carboxylic acids is 1. The maximum atomic E-state index is 11.7. The van der Waals surface area contributed by atoms with Gasteiger partial charge in [0.15, 0.2) is 0 Å². The minimum atomic E-state index is -1.35. The zero-order chi connectivity index (χ0) is 15.1. The molecule has 20 heavy (non-hydrogen) atoms. The summed E-state index contributed by atoms with van der Waals surface area (Å²) in [5.41, 5.74) is 6.45. The van der Waals surface area contributed by atoms with Crippen molar-refractivity contribution in [2.24, 2.45) is 5.73 Å². The Hall–Kier alpha value is -2.57. The molecule has 1 aromatic carbocycles. The van der Waals surface area contributed by atoms with E-state index in [0.29, 0.717) is 5.69 Å². The second-order valence-corrected chi connectivity index (χ2v) is 4.17. The largest absolute Gasteiger partial charge is 0.480 e. The van der Waals surface area contributed by atoms with Crippen molar-refractivity contribution in [3.63, 3.8) is 0 Å². The van der Waals surface area contributed by atoms with Gasteiger partial charge in [-0.3, -0.25) is 4.79 Å². The van der Waals surface area contributed by atoms with E-state index in [1.54, 1.807) is 12.1 Å². The van der Waals surface area contributed by atoms with Crippen LogP contribution in [0, 0.1) is 0 Å². The summed E-state index contributed by atoms with van der Waals surface area (Å²) in [7, 11) is 0. The molecule has 0 aliphatic carbocycles. The number of aryl methyl sites for hydroxylation is 1. The molecule has 3 amide bonds. The van der Waals surface area contributed by atoms with Crippen LogP contribution in [0.5, 0.6) is 0 Å². The summed E-state index contributed by atoms with van der Waals surface area (Å²) in [5.74, 6) is -2.12. The van der Waals surface area contributed by atoms with E-state index in [-0.39, 0.29) is 0 Å². The number of hydrogen-bond acceptors (Lipinski definition) is 3. The maximum Gasteiger partial charge on any atom is 0.326 e. The molecule has 0 radical (unpaired) electrons. The molecule has 0 aliphatic heterocycles. The Morgan fingerprint density at radius 1 is 1.30 bits per heavy atom. The van der Waals surface area contributed by atoms with Gasteiger partial charge in [-0.15, -0.1) is 0 Å². The lowest BCUT2D eigenvalue weighted by Crippen LogP contribution is -2.45. The maximum absolute atomic E-state index is 11.7. The van der Waals surface area contributed by atoms with Crippen LogP contribution in [0.1, 0.15) is 18.9 Å². The highest BCUT2D eigenvalue weighted by atomic mass is 16.4. The van der Waals surface area contributed by atoms with Crippen molar-refractivity contribution in [3.8, 4) is 0 Å². The number of nitrogens with two attached hydrogens (primary N) is 1. The molecule has 0 spiro atoms. The first-order chi connectivity index (χ1) is 9.43. The van der Waals surface area contributed by atoms with Crippen LogP contribution < -0.4 is 16.4 Å². The molecule has 7 nitrogen and oxygen atoms in total. The number of primary amides is 1. The van der Waals surface area contributed by atoms with Crippen LogP contribution in [0.4, 0.5) is 10.5 Å². The molecule has 1 unspecified atom stereocenters. The van der Waals surface area contributed by atoms with Gasteiger partial charge in [-0.2, -0.15) is 0 Å². The summed E-state index contributed by atoms with van der Waals surface area (Å²) in [6.45, 7) is 1.94. The van der Waals surface area contributed by atoms with Crippen LogP contribution in [0.2, 0.25) is 0 Å². The van der Waals surface area contributed by atoms with Crippen LogP contribution >= 0.6 is 0 Å². The highest BCUT2D eigenvalue weighted by Crippen LogP contribution is 2.15. The van der Waals surface area contributed by atoms with E-state index in [4.69, 9.17) is 10.8 Å². The average molecular weight is 279 g/mol. The van der Waals surface area contributed by atoms with E-state index in [1.165, 1.54) is 0 Å². The monoisotopic (exact) mass is 279 g/mol. The van der Waals surface area contributed by atoms with Crippen molar-refractivity contribution in [3.05, 3.63) is 29.8 Å². The van der Waals surface area contributed by atoms with E-state index in [9.17, 15) is 14.4 Å². The smallest absolute Gasteiger partial charge is 0.326 e. The molecule has 0 saturated carbocycles. The molecule has 1 aromatic rings. The molecule has 5 N–H and O–H groups in total. The normalized spacial score (nSPS) is 11.4. The third-order valence-corrected chi connectivity index (χ3v) is 2.66. The van der Waals surface area contributed by atoms with Gasteiger partial charge in [-0.05, 0) is 18.1 Å². The molecule has 0 bridgehead atoms. The third-order valence-electron chi connectivity index (χ3n) is 2.66. The van der Waals surface area contributed by atoms with Crippen molar-refractivity contribution in [2.75, 3.05) is 5.32 Å². The van der Waals surface area contributed by atoms with E-state index in [1.807, 2.05) is 19.1 Å². The number of carboxylic acid groups (broad SMARTS) is 1.